The van der Waals surface area contributed by atoms with E-state index in [9.17, 15) is 9.59 Å². The largest absolute Gasteiger partial charge is 0.441 e. The van der Waals surface area contributed by atoms with Crippen LogP contribution in [0.1, 0.15) is 47.6 Å². The van der Waals surface area contributed by atoms with Crippen molar-refractivity contribution in [2.24, 2.45) is 0 Å². The molecule has 1 N–H and O–H groups in total. The average molecular weight is 402 g/mol. The van der Waals surface area contributed by atoms with Gasteiger partial charge in [0.25, 0.3) is 0 Å². The highest BCUT2D eigenvalue weighted by atomic mass is 16.6. The first-order valence-corrected chi connectivity index (χ1v) is 9.60. The van der Waals surface area contributed by atoms with Crippen LogP contribution in [0.4, 0.5) is 10.5 Å². The third kappa shape index (κ3) is 5.58. The molecule has 1 atom stereocenters. The van der Waals surface area contributed by atoms with E-state index in [2.05, 4.69) is 22.3 Å². The summed E-state index contributed by atoms with van der Waals surface area (Å²) < 4.78 is 10.7. The molecule has 0 unspecified atom stereocenters. The fraction of sp³-hybridized carbons (Fsp3) is 0.208. The summed E-state index contributed by atoms with van der Waals surface area (Å²) in [5.41, 5.74) is 3.64. The van der Waals surface area contributed by atoms with E-state index in [1.165, 1.54) is 0 Å². The number of aldehydes is 1. The third-order valence-corrected chi connectivity index (χ3v) is 4.47. The van der Waals surface area contributed by atoms with Crippen LogP contribution in [-0.2, 0) is 16.0 Å². The molecule has 0 bridgehead atoms. The van der Waals surface area contributed by atoms with Crippen molar-refractivity contribution in [3.05, 3.63) is 82.7 Å². The summed E-state index contributed by atoms with van der Waals surface area (Å²) in [6.45, 7) is 3.52. The molecule has 0 fully saturated rings. The second-order valence-corrected chi connectivity index (χ2v) is 6.71. The van der Waals surface area contributed by atoms with E-state index < -0.39 is 12.2 Å². The first-order valence-electron chi connectivity index (χ1n) is 9.60. The number of benzene rings is 2. The van der Waals surface area contributed by atoms with E-state index >= 15 is 0 Å². The highest BCUT2D eigenvalue weighted by Gasteiger charge is 2.17. The SMILES string of the molecule is Cc1noc(C#Cc2ccc(CCC=O)cc2)c1NC(=O)O[C@H](C)c1ccccc1. The van der Waals surface area contributed by atoms with Crippen molar-refractivity contribution in [1.29, 1.82) is 0 Å². The Kier molecular flexibility index (Phi) is 7.01. The number of rotatable bonds is 6. The number of carbonyl (C=O) groups excluding carboxylic acids is 2. The number of carbonyl (C=O) groups is 2. The Hall–Kier alpha value is -3.85. The first kappa shape index (κ1) is 20.9. The lowest BCUT2D eigenvalue weighted by atomic mass is 10.1. The lowest BCUT2D eigenvalue weighted by Crippen LogP contribution is -2.16. The molecule has 1 heterocycles. The molecule has 3 aromatic rings. The van der Waals surface area contributed by atoms with Gasteiger partial charge in [0, 0.05) is 12.0 Å². The van der Waals surface area contributed by atoms with Crippen LogP contribution < -0.4 is 5.32 Å². The monoisotopic (exact) mass is 402 g/mol. The van der Waals surface area contributed by atoms with E-state index in [-0.39, 0.29) is 5.76 Å². The standard InChI is InChI=1S/C24H22N2O4/c1-17-23(25-24(28)29-18(2)21-8-4-3-5-9-21)22(30-26-17)15-14-20-12-10-19(11-13-20)7-6-16-27/h3-5,8-13,16,18H,6-7H2,1-2H3,(H,25,28)/t18-/m1/s1. The summed E-state index contributed by atoms with van der Waals surface area (Å²) in [6.07, 6.45) is 1.09. The molecule has 0 radical (unpaired) electrons. The first-order chi connectivity index (χ1) is 14.6. The second kappa shape index (κ2) is 10.1. The molecule has 30 heavy (non-hydrogen) atoms. The van der Waals surface area contributed by atoms with Gasteiger partial charge >= 0.3 is 6.09 Å². The smallest absolute Gasteiger partial charge is 0.412 e. The van der Waals surface area contributed by atoms with Crippen LogP contribution in [0.2, 0.25) is 0 Å². The number of aromatic nitrogens is 1. The second-order valence-electron chi connectivity index (χ2n) is 6.71. The molecule has 0 aliphatic heterocycles. The molecular formula is C24H22N2O4. The molecule has 1 amide bonds. The quantitative estimate of drug-likeness (QED) is 0.472. The van der Waals surface area contributed by atoms with Crippen LogP contribution in [0.25, 0.3) is 0 Å². The van der Waals surface area contributed by atoms with Crippen molar-refractivity contribution in [3.8, 4) is 11.8 Å². The average Bonchev–Trinajstić information content (AvgIpc) is 3.11. The Bertz CT molecular complexity index is 1060. The minimum atomic E-state index is -0.611. The van der Waals surface area contributed by atoms with Gasteiger partial charge in [0.05, 0.1) is 0 Å². The minimum absolute atomic E-state index is 0.252. The summed E-state index contributed by atoms with van der Waals surface area (Å²) in [7, 11) is 0. The predicted octanol–water partition coefficient (Wildman–Crippen LogP) is 4.82. The van der Waals surface area contributed by atoms with Crippen LogP contribution in [0.15, 0.2) is 59.1 Å². The maximum absolute atomic E-state index is 12.3. The fourth-order valence-corrected chi connectivity index (χ4v) is 2.80. The highest BCUT2D eigenvalue weighted by Crippen LogP contribution is 2.22. The van der Waals surface area contributed by atoms with E-state index in [1.807, 2.05) is 54.6 Å². The molecule has 3 rings (SSSR count). The van der Waals surface area contributed by atoms with E-state index in [0.29, 0.717) is 24.2 Å². The van der Waals surface area contributed by atoms with Crippen molar-refractivity contribution < 1.29 is 18.8 Å². The summed E-state index contributed by atoms with van der Waals surface area (Å²) in [5.74, 6) is 6.14. The molecule has 0 aliphatic rings. The van der Waals surface area contributed by atoms with Crippen LogP contribution in [0, 0.1) is 18.8 Å². The van der Waals surface area contributed by atoms with Crippen molar-refractivity contribution in [2.45, 2.75) is 32.8 Å². The molecule has 0 saturated heterocycles. The van der Waals surface area contributed by atoms with Gasteiger partial charge in [-0.2, -0.15) is 0 Å². The number of hydrogen-bond acceptors (Lipinski definition) is 5. The van der Waals surface area contributed by atoms with Crippen molar-refractivity contribution in [2.75, 3.05) is 5.32 Å². The van der Waals surface area contributed by atoms with Crippen LogP contribution in [0.3, 0.4) is 0 Å². The van der Waals surface area contributed by atoms with Gasteiger partial charge < -0.3 is 14.1 Å². The molecule has 0 spiro atoms. The lowest BCUT2D eigenvalue weighted by molar-refractivity contribution is -0.107. The van der Waals surface area contributed by atoms with Gasteiger partial charge in [-0.25, -0.2) is 4.79 Å². The van der Waals surface area contributed by atoms with Crippen molar-refractivity contribution >= 4 is 18.1 Å². The number of amides is 1. The Morgan fingerprint density at radius 1 is 1.17 bits per heavy atom. The van der Waals surface area contributed by atoms with Gasteiger partial charge in [0.15, 0.2) is 0 Å². The minimum Gasteiger partial charge on any atom is -0.441 e. The summed E-state index contributed by atoms with van der Waals surface area (Å²) in [6, 6.07) is 17.1. The normalized spacial score (nSPS) is 11.1. The Morgan fingerprint density at radius 3 is 2.60 bits per heavy atom. The number of aryl methyl sites for hydroxylation is 2. The molecule has 6 heteroatoms. The molecule has 0 saturated carbocycles. The highest BCUT2D eigenvalue weighted by molar-refractivity contribution is 5.87. The zero-order valence-electron chi connectivity index (χ0n) is 16.8. The molecule has 6 nitrogen and oxygen atoms in total. The van der Waals surface area contributed by atoms with Crippen LogP contribution in [0.5, 0.6) is 0 Å². The zero-order chi connectivity index (χ0) is 21.3. The van der Waals surface area contributed by atoms with Crippen molar-refractivity contribution in [3.63, 3.8) is 0 Å². The molecule has 152 valence electrons. The fourth-order valence-electron chi connectivity index (χ4n) is 2.80. The molecule has 1 aromatic heterocycles. The number of nitrogens with one attached hydrogen (secondary N) is 1. The summed E-state index contributed by atoms with van der Waals surface area (Å²) in [4.78, 5) is 22.8. The van der Waals surface area contributed by atoms with E-state index in [4.69, 9.17) is 9.26 Å². The van der Waals surface area contributed by atoms with Crippen LogP contribution in [-0.4, -0.2) is 17.5 Å². The Balaban J connectivity index is 1.67. The molecule has 2 aromatic carbocycles. The third-order valence-electron chi connectivity index (χ3n) is 4.47. The van der Waals surface area contributed by atoms with Gasteiger partial charge in [-0.1, -0.05) is 53.5 Å². The van der Waals surface area contributed by atoms with Gasteiger partial charge in [-0.3, -0.25) is 5.32 Å². The number of anilines is 1. The molecular weight excluding hydrogens is 380 g/mol. The maximum Gasteiger partial charge on any atom is 0.412 e. The Labute approximate surface area is 175 Å². The van der Waals surface area contributed by atoms with Gasteiger partial charge in [0.2, 0.25) is 5.76 Å². The maximum atomic E-state index is 12.3. The molecule has 0 aliphatic carbocycles. The summed E-state index contributed by atoms with van der Waals surface area (Å²) >= 11 is 0. The predicted molar refractivity (Wildman–Crippen MR) is 113 cm³/mol. The Morgan fingerprint density at radius 2 is 1.90 bits per heavy atom. The van der Waals surface area contributed by atoms with Crippen molar-refractivity contribution in [1.82, 2.24) is 5.16 Å². The van der Waals surface area contributed by atoms with Gasteiger partial charge in [-0.15, -0.1) is 0 Å². The topological polar surface area (TPSA) is 81.4 Å². The van der Waals surface area contributed by atoms with Crippen LogP contribution >= 0.6 is 0 Å². The number of hydrogen-bond donors (Lipinski definition) is 1. The van der Waals surface area contributed by atoms with Gasteiger partial charge in [-0.05, 0) is 49.4 Å². The van der Waals surface area contributed by atoms with Gasteiger partial charge in [0.1, 0.15) is 23.8 Å². The number of nitrogens with zero attached hydrogens (tertiary/aromatic N) is 1. The van der Waals surface area contributed by atoms with E-state index in [0.717, 1.165) is 23.0 Å². The van der Waals surface area contributed by atoms with E-state index in [1.54, 1.807) is 13.8 Å². The number of ether oxygens (including phenoxy) is 1. The summed E-state index contributed by atoms with van der Waals surface area (Å²) in [5, 5.41) is 6.56. The zero-order valence-corrected chi connectivity index (χ0v) is 16.8. The lowest BCUT2D eigenvalue weighted by Gasteiger charge is -2.13.